The molecule has 178 valence electrons. The van der Waals surface area contributed by atoms with Crippen LogP contribution in [0.5, 0.6) is 0 Å². The zero-order valence-corrected chi connectivity index (χ0v) is 20.2. The SMILES string of the molecule is CNc1ccccc1N1CCN(c2cncc(-c3cccc(C(=O)NCCN(C)C)c3)n2)CC1. The summed E-state index contributed by atoms with van der Waals surface area (Å²) >= 11 is 0. The fourth-order valence-electron chi connectivity index (χ4n) is 4.10. The Morgan fingerprint density at radius 1 is 1.00 bits per heavy atom. The molecule has 0 atom stereocenters. The lowest BCUT2D eigenvalue weighted by Crippen LogP contribution is -2.47. The highest BCUT2D eigenvalue weighted by atomic mass is 16.1. The number of rotatable bonds is 8. The number of hydrogen-bond acceptors (Lipinski definition) is 7. The molecular formula is C26H33N7O. The maximum absolute atomic E-state index is 12.5. The zero-order valence-electron chi connectivity index (χ0n) is 20.2. The molecule has 1 saturated heterocycles. The molecule has 34 heavy (non-hydrogen) atoms. The van der Waals surface area contributed by atoms with E-state index in [2.05, 4.69) is 49.7 Å². The highest BCUT2D eigenvalue weighted by Gasteiger charge is 2.20. The normalized spacial score (nSPS) is 13.8. The number of benzene rings is 2. The Morgan fingerprint density at radius 2 is 1.76 bits per heavy atom. The van der Waals surface area contributed by atoms with Gasteiger partial charge in [-0.2, -0.15) is 0 Å². The van der Waals surface area contributed by atoms with E-state index in [1.165, 1.54) is 5.69 Å². The van der Waals surface area contributed by atoms with Gasteiger partial charge in [-0.05, 0) is 38.4 Å². The number of anilines is 3. The third-order valence-corrected chi connectivity index (χ3v) is 6.00. The van der Waals surface area contributed by atoms with Crippen molar-refractivity contribution in [1.29, 1.82) is 0 Å². The van der Waals surface area contributed by atoms with Crippen LogP contribution in [0.15, 0.2) is 60.9 Å². The minimum absolute atomic E-state index is 0.0780. The van der Waals surface area contributed by atoms with Gasteiger partial charge in [0.1, 0.15) is 5.82 Å². The van der Waals surface area contributed by atoms with Crippen molar-refractivity contribution >= 4 is 23.1 Å². The quantitative estimate of drug-likeness (QED) is 0.536. The van der Waals surface area contributed by atoms with Crippen molar-refractivity contribution in [2.75, 3.05) is 75.5 Å². The lowest BCUT2D eigenvalue weighted by atomic mass is 10.1. The van der Waals surface area contributed by atoms with Crippen LogP contribution in [0.2, 0.25) is 0 Å². The van der Waals surface area contributed by atoms with Gasteiger partial charge < -0.3 is 25.3 Å². The number of amides is 1. The predicted molar refractivity (Wildman–Crippen MR) is 139 cm³/mol. The van der Waals surface area contributed by atoms with E-state index in [-0.39, 0.29) is 5.91 Å². The Hall–Kier alpha value is -3.65. The van der Waals surface area contributed by atoms with Gasteiger partial charge in [-0.15, -0.1) is 0 Å². The third-order valence-electron chi connectivity index (χ3n) is 6.00. The molecule has 2 aromatic carbocycles. The fourth-order valence-corrected chi connectivity index (χ4v) is 4.10. The van der Waals surface area contributed by atoms with Crippen LogP contribution < -0.4 is 20.4 Å². The summed E-state index contributed by atoms with van der Waals surface area (Å²) in [6.45, 7) is 4.96. The molecule has 0 saturated carbocycles. The van der Waals surface area contributed by atoms with Gasteiger partial charge in [0.05, 0.1) is 29.5 Å². The molecule has 0 bridgehead atoms. The summed E-state index contributed by atoms with van der Waals surface area (Å²) in [5, 5.41) is 6.25. The van der Waals surface area contributed by atoms with E-state index in [1.807, 2.05) is 56.5 Å². The molecule has 4 rings (SSSR count). The molecule has 1 aromatic heterocycles. The summed E-state index contributed by atoms with van der Waals surface area (Å²) < 4.78 is 0. The Labute approximate surface area is 201 Å². The van der Waals surface area contributed by atoms with Gasteiger partial charge in [0.2, 0.25) is 0 Å². The van der Waals surface area contributed by atoms with Crippen molar-refractivity contribution in [1.82, 2.24) is 20.2 Å². The van der Waals surface area contributed by atoms with E-state index in [1.54, 1.807) is 6.20 Å². The molecule has 3 aromatic rings. The number of nitrogens with zero attached hydrogens (tertiary/aromatic N) is 5. The number of nitrogens with one attached hydrogen (secondary N) is 2. The van der Waals surface area contributed by atoms with Crippen LogP contribution in [0, 0.1) is 0 Å². The first-order chi connectivity index (χ1) is 16.5. The summed E-state index contributed by atoms with van der Waals surface area (Å²) in [5.74, 6) is 0.783. The smallest absolute Gasteiger partial charge is 0.251 e. The van der Waals surface area contributed by atoms with Crippen LogP contribution in [0.3, 0.4) is 0 Å². The summed E-state index contributed by atoms with van der Waals surface area (Å²) in [6, 6.07) is 16.0. The molecule has 1 amide bonds. The minimum atomic E-state index is -0.0780. The summed E-state index contributed by atoms with van der Waals surface area (Å²) in [7, 11) is 5.93. The van der Waals surface area contributed by atoms with Crippen LogP contribution >= 0.6 is 0 Å². The molecule has 0 aliphatic carbocycles. The largest absolute Gasteiger partial charge is 0.386 e. The van der Waals surface area contributed by atoms with E-state index >= 15 is 0 Å². The van der Waals surface area contributed by atoms with Crippen molar-refractivity contribution in [3.05, 3.63) is 66.5 Å². The van der Waals surface area contributed by atoms with Gasteiger partial charge in [-0.1, -0.05) is 24.3 Å². The van der Waals surface area contributed by atoms with Crippen molar-refractivity contribution in [2.24, 2.45) is 0 Å². The first kappa shape index (κ1) is 23.5. The lowest BCUT2D eigenvalue weighted by Gasteiger charge is -2.37. The van der Waals surface area contributed by atoms with Crippen LogP contribution in [-0.2, 0) is 0 Å². The molecule has 0 radical (unpaired) electrons. The minimum Gasteiger partial charge on any atom is -0.386 e. The number of piperazine rings is 1. The Bertz CT molecular complexity index is 1110. The second-order valence-electron chi connectivity index (χ2n) is 8.64. The molecule has 8 nitrogen and oxygen atoms in total. The molecule has 1 aliphatic heterocycles. The summed E-state index contributed by atoms with van der Waals surface area (Å²) in [5.41, 5.74) is 4.65. The molecule has 2 heterocycles. The van der Waals surface area contributed by atoms with E-state index < -0.39 is 0 Å². The second kappa shape index (κ2) is 11.0. The number of hydrogen-bond donors (Lipinski definition) is 2. The van der Waals surface area contributed by atoms with E-state index in [9.17, 15) is 4.79 Å². The molecule has 8 heteroatoms. The van der Waals surface area contributed by atoms with Crippen molar-refractivity contribution in [2.45, 2.75) is 0 Å². The predicted octanol–water partition coefficient (Wildman–Crippen LogP) is 2.80. The van der Waals surface area contributed by atoms with Crippen molar-refractivity contribution in [3.63, 3.8) is 0 Å². The van der Waals surface area contributed by atoms with Crippen LogP contribution in [0.1, 0.15) is 10.4 Å². The average Bonchev–Trinajstić information content (AvgIpc) is 2.88. The zero-order chi connectivity index (χ0) is 23.9. The third kappa shape index (κ3) is 5.63. The number of likely N-dealkylation sites (N-methyl/N-ethyl adjacent to an activating group) is 1. The van der Waals surface area contributed by atoms with Gasteiger partial charge in [0, 0.05) is 57.4 Å². The monoisotopic (exact) mass is 459 g/mol. The fraction of sp³-hybridized carbons (Fsp3) is 0.346. The molecule has 2 N–H and O–H groups in total. The van der Waals surface area contributed by atoms with Gasteiger partial charge in [0.15, 0.2) is 0 Å². The molecule has 0 unspecified atom stereocenters. The number of para-hydroxylation sites is 2. The Balaban J connectivity index is 1.43. The molecular weight excluding hydrogens is 426 g/mol. The second-order valence-corrected chi connectivity index (χ2v) is 8.64. The topological polar surface area (TPSA) is 76.6 Å². The molecule has 0 spiro atoms. The first-order valence-electron chi connectivity index (χ1n) is 11.7. The van der Waals surface area contributed by atoms with Gasteiger partial charge in [0.25, 0.3) is 5.91 Å². The Morgan fingerprint density at radius 3 is 2.53 bits per heavy atom. The summed E-state index contributed by atoms with van der Waals surface area (Å²) in [6.07, 6.45) is 3.57. The van der Waals surface area contributed by atoms with Crippen molar-refractivity contribution in [3.8, 4) is 11.3 Å². The van der Waals surface area contributed by atoms with Crippen LogP contribution in [-0.4, -0.2) is 81.2 Å². The van der Waals surface area contributed by atoms with Gasteiger partial charge in [-0.3, -0.25) is 9.78 Å². The highest BCUT2D eigenvalue weighted by molar-refractivity contribution is 5.95. The number of carbonyl (C=O) groups excluding carboxylic acids is 1. The maximum atomic E-state index is 12.5. The van der Waals surface area contributed by atoms with Gasteiger partial charge in [-0.25, -0.2) is 4.98 Å². The van der Waals surface area contributed by atoms with E-state index in [0.717, 1.165) is 55.5 Å². The maximum Gasteiger partial charge on any atom is 0.251 e. The average molecular weight is 460 g/mol. The Kier molecular flexibility index (Phi) is 7.59. The number of carbonyl (C=O) groups is 1. The van der Waals surface area contributed by atoms with Crippen LogP contribution in [0.25, 0.3) is 11.3 Å². The van der Waals surface area contributed by atoms with E-state index in [4.69, 9.17) is 4.98 Å². The molecule has 1 fully saturated rings. The first-order valence-corrected chi connectivity index (χ1v) is 11.7. The standard InChI is InChI=1S/C26H33N7O/c1-27-22-9-4-5-10-24(22)32-13-15-33(16-14-32)25-19-28-18-23(30-25)20-7-6-8-21(17-20)26(34)29-11-12-31(2)3/h4-10,17-19,27H,11-16H2,1-3H3,(H,29,34). The molecule has 1 aliphatic rings. The lowest BCUT2D eigenvalue weighted by molar-refractivity contribution is 0.0951. The van der Waals surface area contributed by atoms with Crippen LogP contribution in [0.4, 0.5) is 17.2 Å². The van der Waals surface area contributed by atoms with E-state index in [0.29, 0.717) is 12.1 Å². The number of aromatic nitrogens is 2. The van der Waals surface area contributed by atoms with Gasteiger partial charge >= 0.3 is 0 Å². The van der Waals surface area contributed by atoms with Crippen molar-refractivity contribution < 1.29 is 4.79 Å². The highest BCUT2D eigenvalue weighted by Crippen LogP contribution is 2.27. The summed E-state index contributed by atoms with van der Waals surface area (Å²) in [4.78, 5) is 28.6.